The van der Waals surface area contributed by atoms with Crippen LogP contribution in [0.5, 0.6) is 11.5 Å². The molecule has 0 aliphatic heterocycles. The monoisotopic (exact) mass is 288 g/mol. The van der Waals surface area contributed by atoms with E-state index in [-0.39, 0.29) is 5.91 Å². The first-order valence-corrected chi connectivity index (χ1v) is 6.25. The van der Waals surface area contributed by atoms with E-state index in [1.165, 1.54) is 12.5 Å². The second-order valence-electron chi connectivity index (χ2n) is 4.20. The number of hydrogen-bond acceptors (Lipinski definition) is 5. The number of ether oxygens (including phenoxy) is 2. The molecule has 0 atom stereocenters. The van der Waals surface area contributed by atoms with Crippen molar-refractivity contribution in [3.63, 3.8) is 0 Å². The van der Waals surface area contributed by atoms with Gasteiger partial charge in [0, 0.05) is 5.56 Å². The van der Waals surface area contributed by atoms with Gasteiger partial charge in [0.15, 0.2) is 0 Å². The normalized spacial score (nSPS) is 10.6. The molecule has 0 bridgehead atoms. The lowest BCUT2D eigenvalue weighted by atomic mass is 10.2. The van der Waals surface area contributed by atoms with Gasteiger partial charge >= 0.3 is 0 Å². The van der Waals surface area contributed by atoms with Crippen LogP contribution in [0.1, 0.15) is 21.7 Å². The van der Waals surface area contributed by atoms with Crippen LogP contribution in [0, 0.1) is 6.92 Å². The van der Waals surface area contributed by atoms with Crippen LogP contribution in [-0.2, 0) is 0 Å². The third-order valence-corrected chi connectivity index (χ3v) is 2.91. The molecule has 1 aromatic carbocycles. The van der Waals surface area contributed by atoms with Gasteiger partial charge in [0.1, 0.15) is 17.3 Å². The first kappa shape index (κ1) is 14.6. The third kappa shape index (κ3) is 3.42. The van der Waals surface area contributed by atoms with Crippen LogP contribution in [0.4, 0.5) is 0 Å². The van der Waals surface area contributed by atoms with Gasteiger partial charge in [-0.2, -0.15) is 5.10 Å². The number of carbonyl (C=O) groups is 1. The fourth-order valence-corrected chi connectivity index (χ4v) is 1.78. The number of carbonyl (C=O) groups excluding carboxylic acids is 1. The van der Waals surface area contributed by atoms with Gasteiger partial charge in [0.2, 0.25) is 0 Å². The van der Waals surface area contributed by atoms with Crippen molar-refractivity contribution in [3.05, 3.63) is 47.4 Å². The van der Waals surface area contributed by atoms with Crippen LogP contribution in [0.15, 0.2) is 40.0 Å². The minimum Gasteiger partial charge on any atom is -0.497 e. The second-order valence-corrected chi connectivity index (χ2v) is 4.20. The summed E-state index contributed by atoms with van der Waals surface area (Å²) in [6.07, 6.45) is 2.95. The fraction of sp³-hybridized carbons (Fsp3) is 0.200. The Morgan fingerprint density at radius 2 is 2.10 bits per heavy atom. The highest BCUT2D eigenvalue weighted by atomic mass is 16.5. The maximum absolute atomic E-state index is 11.9. The number of amides is 1. The maximum atomic E-state index is 11.9. The lowest BCUT2D eigenvalue weighted by Crippen LogP contribution is -2.17. The zero-order valence-corrected chi connectivity index (χ0v) is 12.0. The van der Waals surface area contributed by atoms with Crippen molar-refractivity contribution in [3.8, 4) is 11.5 Å². The fourth-order valence-electron chi connectivity index (χ4n) is 1.78. The van der Waals surface area contributed by atoms with E-state index in [2.05, 4.69) is 10.5 Å². The molecule has 6 heteroatoms. The van der Waals surface area contributed by atoms with Crippen LogP contribution in [0.3, 0.4) is 0 Å². The molecule has 0 unspecified atom stereocenters. The van der Waals surface area contributed by atoms with Gasteiger partial charge in [-0.05, 0) is 31.2 Å². The van der Waals surface area contributed by atoms with Crippen molar-refractivity contribution in [2.24, 2.45) is 5.10 Å². The van der Waals surface area contributed by atoms with E-state index in [0.717, 1.165) is 0 Å². The Bertz CT molecular complexity index is 661. The van der Waals surface area contributed by atoms with Crippen LogP contribution >= 0.6 is 0 Å². The number of nitrogens with zero attached hydrogens (tertiary/aromatic N) is 1. The van der Waals surface area contributed by atoms with Gasteiger partial charge in [-0.3, -0.25) is 4.79 Å². The first-order valence-electron chi connectivity index (χ1n) is 6.25. The molecular weight excluding hydrogens is 272 g/mol. The molecule has 1 N–H and O–H groups in total. The molecule has 0 radical (unpaired) electrons. The Balaban J connectivity index is 2.11. The molecule has 0 saturated carbocycles. The SMILES string of the molecule is COc1ccc(OC)c(C=NNC(=O)c2ccoc2C)c1. The minimum atomic E-state index is -0.334. The predicted molar refractivity (Wildman–Crippen MR) is 78.1 cm³/mol. The number of hydrazone groups is 1. The maximum Gasteiger partial charge on any atom is 0.274 e. The number of aryl methyl sites for hydroxylation is 1. The van der Waals surface area contributed by atoms with Gasteiger partial charge in [0.05, 0.1) is 32.3 Å². The number of benzene rings is 1. The average Bonchev–Trinajstić information content (AvgIpc) is 2.93. The van der Waals surface area contributed by atoms with Crippen molar-refractivity contribution in [2.75, 3.05) is 14.2 Å². The largest absolute Gasteiger partial charge is 0.497 e. The van der Waals surface area contributed by atoms with Crippen molar-refractivity contribution < 1.29 is 18.7 Å². The molecule has 0 fully saturated rings. The molecule has 1 amide bonds. The summed E-state index contributed by atoms with van der Waals surface area (Å²) in [5.41, 5.74) is 3.58. The molecule has 0 aliphatic rings. The number of hydrogen-bond donors (Lipinski definition) is 1. The van der Waals surface area contributed by atoms with Crippen molar-refractivity contribution >= 4 is 12.1 Å². The molecule has 110 valence electrons. The Labute approximate surface area is 122 Å². The summed E-state index contributed by atoms with van der Waals surface area (Å²) in [6, 6.07) is 6.90. The Morgan fingerprint density at radius 1 is 1.29 bits per heavy atom. The highest BCUT2D eigenvalue weighted by Crippen LogP contribution is 2.22. The van der Waals surface area contributed by atoms with E-state index in [0.29, 0.717) is 28.4 Å². The Kier molecular flexibility index (Phi) is 4.61. The molecule has 2 aromatic rings. The van der Waals surface area contributed by atoms with Gasteiger partial charge in [-0.15, -0.1) is 0 Å². The molecular formula is C15H16N2O4. The molecule has 0 saturated heterocycles. The van der Waals surface area contributed by atoms with Crippen LogP contribution in [0.2, 0.25) is 0 Å². The quantitative estimate of drug-likeness (QED) is 0.677. The summed E-state index contributed by atoms with van der Waals surface area (Å²) in [6.45, 7) is 1.71. The summed E-state index contributed by atoms with van der Waals surface area (Å²) in [5, 5.41) is 3.92. The van der Waals surface area contributed by atoms with Gasteiger partial charge in [-0.25, -0.2) is 5.43 Å². The summed E-state index contributed by atoms with van der Waals surface area (Å²) in [4.78, 5) is 11.9. The van der Waals surface area contributed by atoms with Gasteiger partial charge in [-0.1, -0.05) is 0 Å². The average molecular weight is 288 g/mol. The molecule has 1 aromatic heterocycles. The Morgan fingerprint density at radius 3 is 2.71 bits per heavy atom. The van der Waals surface area contributed by atoms with Crippen LogP contribution < -0.4 is 14.9 Å². The number of rotatable bonds is 5. The number of methoxy groups -OCH3 is 2. The summed E-state index contributed by atoms with van der Waals surface area (Å²) >= 11 is 0. The van der Waals surface area contributed by atoms with E-state index in [1.54, 1.807) is 45.4 Å². The molecule has 2 rings (SSSR count). The van der Waals surface area contributed by atoms with Crippen molar-refractivity contribution in [1.82, 2.24) is 5.43 Å². The number of nitrogens with one attached hydrogen (secondary N) is 1. The van der Waals surface area contributed by atoms with E-state index < -0.39 is 0 Å². The lowest BCUT2D eigenvalue weighted by molar-refractivity contribution is 0.0953. The van der Waals surface area contributed by atoms with E-state index >= 15 is 0 Å². The molecule has 1 heterocycles. The second kappa shape index (κ2) is 6.60. The highest BCUT2D eigenvalue weighted by Gasteiger charge is 2.10. The summed E-state index contributed by atoms with van der Waals surface area (Å²) < 4.78 is 15.4. The van der Waals surface area contributed by atoms with E-state index in [9.17, 15) is 4.79 Å². The van der Waals surface area contributed by atoms with Gasteiger partial charge < -0.3 is 13.9 Å². The van der Waals surface area contributed by atoms with E-state index in [4.69, 9.17) is 13.9 Å². The van der Waals surface area contributed by atoms with Gasteiger partial charge in [0.25, 0.3) is 5.91 Å². The lowest BCUT2D eigenvalue weighted by Gasteiger charge is -2.06. The highest BCUT2D eigenvalue weighted by molar-refractivity contribution is 5.95. The zero-order valence-electron chi connectivity index (χ0n) is 12.0. The topological polar surface area (TPSA) is 73.1 Å². The Hall–Kier alpha value is -2.76. The zero-order chi connectivity index (χ0) is 15.2. The number of furan rings is 1. The van der Waals surface area contributed by atoms with E-state index in [1.807, 2.05) is 0 Å². The van der Waals surface area contributed by atoms with Crippen molar-refractivity contribution in [2.45, 2.75) is 6.92 Å². The molecule has 0 aliphatic carbocycles. The third-order valence-electron chi connectivity index (χ3n) is 2.91. The smallest absolute Gasteiger partial charge is 0.274 e. The predicted octanol–water partition coefficient (Wildman–Crippen LogP) is 2.37. The molecule has 6 nitrogen and oxygen atoms in total. The summed E-state index contributed by atoms with van der Waals surface area (Å²) in [7, 11) is 3.14. The molecule has 21 heavy (non-hydrogen) atoms. The first-order chi connectivity index (χ1) is 10.2. The summed E-state index contributed by atoms with van der Waals surface area (Å²) in [5.74, 6) is 1.52. The minimum absolute atomic E-state index is 0.334. The van der Waals surface area contributed by atoms with Crippen molar-refractivity contribution in [1.29, 1.82) is 0 Å². The molecule has 0 spiro atoms. The van der Waals surface area contributed by atoms with Crippen LogP contribution in [0.25, 0.3) is 0 Å². The standard InChI is InChI=1S/C15H16N2O4/c1-10-13(6-7-21-10)15(18)17-16-9-11-8-12(19-2)4-5-14(11)20-3/h4-9H,1-3H3,(H,17,18). The van der Waals surface area contributed by atoms with Crippen LogP contribution in [-0.4, -0.2) is 26.3 Å².